The summed E-state index contributed by atoms with van der Waals surface area (Å²) in [5.41, 5.74) is 2.55. The summed E-state index contributed by atoms with van der Waals surface area (Å²) >= 11 is 0. The standard InChI is InChI=1S/C29H24F5N3O4/c30-28(31)12-13-37(24-9-5-4-8-20(24)22(28)15-26(39)36-16-25(35)38)27(40)21-11-10-19(14-23(21)29(32,33)34)41-17-18-6-2-1-3-7-18/h1-11,14-15H,12-13,16-17H2,(H2,35,38)(H,36,39). The van der Waals surface area contributed by atoms with Crippen molar-refractivity contribution < 1.29 is 41.1 Å². The number of amides is 3. The second-order valence-electron chi connectivity index (χ2n) is 9.15. The molecule has 7 nitrogen and oxygen atoms in total. The maximum absolute atomic E-state index is 15.3. The zero-order valence-electron chi connectivity index (χ0n) is 21.4. The molecule has 1 aliphatic rings. The van der Waals surface area contributed by atoms with E-state index in [1.54, 1.807) is 30.3 Å². The SMILES string of the molecule is NC(=O)CNC(=O)C=C1c2ccccc2N(C(=O)c2ccc(OCc3ccccc3)cc2C(F)(F)F)CCC1(F)F. The Bertz CT molecular complexity index is 1490. The van der Waals surface area contributed by atoms with Gasteiger partial charge in [-0.25, -0.2) is 8.78 Å². The van der Waals surface area contributed by atoms with Crippen LogP contribution in [0.4, 0.5) is 27.6 Å². The number of nitrogens with one attached hydrogen (secondary N) is 1. The van der Waals surface area contributed by atoms with Crippen molar-refractivity contribution in [2.24, 2.45) is 5.73 Å². The molecule has 0 saturated heterocycles. The monoisotopic (exact) mass is 573 g/mol. The number of anilines is 1. The number of benzene rings is 3. The number of fused-ring (bicyclic) bond motifs is 1. The third-order valence-corrected chi connectivity index (χ3v) is 6.26. The van der Waals surface area contributed by atoms with Crippen LogP contribution < -0.4 is 20.7 Å². The zero-order chi connectivity index (χ0) is 29.8. The van der Waals surface area contributed by atoms with Crippen molar-refractivity contribution >= 4 is 29.0 Å². The van der Waals surface area contributed by atoms with E-state index >= 15 is 8.78 Å². The molecule has 0 radical (unpaired) electrons. The van der Waals surface area contributed by atoms with Crippen LogP contribution in [0.2, 0.25) is 0 Å². The van der Waals surface area contributed by atoms with Crippen LogP contribution in [0.5, 0.6) is 5.75 Å². The number of primary amides is 1. The third-order valence-electron chi connectivity index (χ3n) is 6.26. The molecular weight excluding hydrogens is 549 g/mol. The molecule has 12 heteroatoms. The summed E-state index contributed by atoms with van der Waals surface area (Å²) in [7, 11) is 0. The van der Waals surface area contributed by atoms with Crippen LogP contribution in [-0.2, 0) is 22.4 Å². The van der Waals surface area contributed by atoms with Gasteiger partial charge in [-0.1, -0.05) is 48.5 Å². The molecule has 3 aromatic rings. The molecule has 0 bridgehead atoms. The third kappa shape index (κ3) is 6.89. The molecule has 3 N–H and O–H groups in total. The van der Waals surface area contributed by atoms with Gasteiger partial charge in [-0.05, 0) is 29.8 Å². The van der Waals surface area contributed by atoms with E-state index in [1.807, 2.05) is 0 Å². The van der Waals surface area contributed by atoms with Gasteiger partial charge in [0.1, 0.15) is 12.4 Å². The van der Waals surface area contributed by atoms with Crippen molar-refractivity contribution in [1.82, 2.24) is 5.32 Å². The van der Waals surface area contributed by atoms with Gasteiger partial charge in [-0.2, -0.15) is 13.2 Å². The second-order valence-corrected chi connectivity index (χ2v) is 9.15. The van der Waals surface area contributed by atoms with Gasteiger partial charge in [0.2, 0.25) is 11.8 Å². The Morgan fingerprint density at radius 2 is 1.68 bits per heavy atom. The molecule has 1 aliphatic heterocycles. The van der Waals surface area contributed by atoms with Crippen LogP contribution in [0.3, 0.4) is 0 Å². The Morgan fingerprint density at radius 1 is 1.00 bits per heavy atom. The van der Waals surface area contributed by atoms with Gasteiger partial charge in [0, 0.05) is 30.2 Å². The Kier molecular flexibility index (Phi) is 8.41. The number of alkyl halides is 5. The minimum atomic E-state index is -4.96. The lowest BCUT2D eigenvalue weighted by Crippen LogP contribution is -2.34. The minimum absolute atomic E-state index is 0.0118. The zero-order valence-corrected chi connectivity index (χ0v) is 21.4. The molecule has 0 atom stereocenters. The molecular formula is C29H24F5N3O4. The molecule has 3 amide bonds. The van der Waals surface area contributed by atoms with Gasteiger partial charge in [-0.3, -0.25) is 14.4 Å². The quantitative estimate of drug-likeness (QED) is 0.308. The number of hydrogen-bond donors (Lipinski definition) is 2. The Labute approximate surface area is 231 Å². The maximum Gasteiger partial charge on any atom is 0.417 e. The first-order chi connectivity index (χ1) is 19.4. The van der Waals surface area contributed by atoms with E-state index in [2.05, 4.69) is 5.32 Å². The van der Waals surface area contributed by atoms with Crippen molar-refractivity contribution in [3.05, 3.63) is 101 Å². The predicted molar refractivity (Wildman–Crippen MR) is 140 cm³/mol. The molecule has 0 unspecified atom stereocenters. The van der Waals surface area contributed by atoms with Crippen molar-refractivity contribution in [3.8, 4) is 5.75 Å². The number of carbonyl (C=O) groups excluding carboxylic acids is 3. The van der Waals surface area contributed by atoms with Gasteiger partial charge in [0.15, 0.2) is 0 Å². The van der Waals surface area contributed by atoms with Crippen LogP contribution in [-0.4, -0.2) is 36.7 Å². The van der Waals surface area contributed by atoms with E-state index in [1.165, 1.54) is 30.3 Å². The van der Waals surface area contributed by atoms with E-state index in [0.29, 0.717) is 12.1 Å². The highest BCUT2D eigenvalue weighted by Gasteiger charge is 2.43. The van der Waals surface area contributed by atoms with Gasteiger partial charge in [0.25, 0.3) is 11.8 Å². The number of nitrogens with zero attached hydrogens (tertiary/aromatic N) is 1. The van der Waals surface area contributed by atoms with Gasteiger partial charge >= 0.3 is 6.18 Å². The van der Waals surface area contributed by atoms with Crippen molar-refractivity contribution in [2.45, 2.75) is 25.1 Å². The summed E-state index contributed by atoms with van der Waals surface area (Å²) < 4.78 is 78.4. The number of halogens is 5. The molecule has 0 saturated carbocycles. The number of ether oxygens (including phenoxy) is 1. The van der Waals surface area contributed by atoms with E-state index in [9.17, 15) is 27.6 Å². The fraction of sp³-hybridized carbons (Fsp3) is 0.207. The molecule has 0 aromatic heterocycles. The van der Waals surface area contributed by atoms with Gasteiger partial charge in [-0.15, -0.1) is 0 Å². The second kappa shape index (κ2) is 11.8. The summed E-state index contributed by atoms with van der Waals surface area (Å²) in [6.45, 7) is -1.25. The first-order valence-electron chi connectivity index (χ1n) is 12.3. The summed E-state index contributed by atoms with van der Waals surface area (Å²) in [5.74, 6) is -6.85. The predicted octanol–water partition coefficient (Wildman–Crippen LogP) is 4.96. The number of nitrogens with two attached hydrogens (primary N) is 1. The van der Waals surface area contributed by atoms with E-state index in [-0.39, 0.29) is 23.6 Å². The highest BCUT2D eigenvalue weighted by Crippen LogP contribution is 2.44. The van der Waals surface area contributed by atoms with Crippen LogP contribution >= 0.6 is 0 Å². The van der Waals surface area contributed by atoms with Crippen LogP contribution in [0, 0.1) is 0 Å². The highest BCUT2D eigenvalue weighted by molar-refractivity contribution is 6.10. The Morgan fingerprint density at radius 3 is 2.37 bits per heavy atom. The molecule has 214 valence electrons. The first kappa shape index (κ1) is 29.2. The Hall–Kier alpha value is -4.74. The summed E-state index contributed by atoms with van der Waals surface area (Å²) in [5, 5.41) is 2.09. The first-order valence-corrected chi connectivity index (χ1v) is 12.3. The number of rotatable bonds is 7. The van der Waals surface area contributed by atoms with Crippen molar-refractivity contribution in [2.75, 3.05) is 18.0 Å². The number of allylic oxidation sites excluding steroid dienone is 1. The molecule has 41 heavy (non-hydrogen) atoms. The van der Waals surface area contributed by atoms with Crippen molar-refractivity contribution in [3.63, 3.8) is 0 Å². The average molecular weight is 574 g/mol. The van der Waals surface area contributed by atoms with Crippen LogP contribution in [0.15, 0.2) is 78.9 Å². The van der Waals surface area contributed by atoms with Gasteiger partial charge in [0.05, 0.1) is 23.4 Å². The lowest BCUT2D eigenvalue weighted by Gasteiger charge is -2.24. The molecule has 0 aliphatic carbocycles. The molecule has 0 fully saturated rings. The normalized spacial score (nSPS) is 15.5. The molecule has 1 heterocycles. The summed E-state index contributed by atoms with van der Waals surface area (Å²) in [6, 6.07) is 16.9. The fourth-order valence-electron chi connectivity index (χ4n) is 4.31. The Balaban J connectivity index is 1.71. The number of carbonyl (C=O) groups is 3. The van der Waals surface area contributed by atoms with Gasteiger partial charge < -0.3 is 20.7 Å². The van der Waals surface area contributed by atoms with E-state index in [0.717, 1.165) is 16.5 Å². The van der Waals surface area contributed by atoms with E-state index < -0.39 is 66.0 Å². The molecule has 3 aromatic carbocycles. The largest absolute Gasteiger partial charge is 0.489 e. The lowest BCUT2D eigenvalue weighted by atomic mass is 9.97. The molecule has 4 rings (SSSR count). The lowest BCUT2D eigenvalue weighted by molar-refractivity contribution is -0.138. The van der Waals surface area contributed by atoms with Crippen LogP contribution in [0.25, 0.3) is 5.57 Å². The number of para-hydroxylation sites is 1. The fourth-order valence-corrected chi connectivity index (χ4v) is 4.31. The summed E-state index contributed by atoms with van der Waals surface area (Å²) in [6.07, 6.45) is -5.35. The minimum Gasteiger partial charge on any atom is -0.489 e. The highest BCUT2D eigenvalue weighted by atomic mass is 19.4. The topological polar surface area (TPSA) is 102 Å². The maximum atomic E-state index is 15.3. The van der Waals surface area contributed by atoms with E-state index in [4.69, 9.17) is 10.5 Å². The van der Waals surface area contributed by atoms with Crippen molar-refractivity contribution in [1.29, 1.82) is 0 Å². The molecule has 0 spiro atoms. The number of hydrogen-bond acceptors (Lipinski definition) is 4. The smallest absolute Gasteiger partial charge is 0.417 e. The summed E-state index contributed by atoms with van der Waals surface area (Å²) in [4.78, 5) is 37.6. The van der Waals surface area contributed by atoms with Crippen LogP contribution in [0.1, 0.15) is 33.5 Å². The average Bonchev–Trinajstić information content (AvgIpc) is 3.04.